The molecular formula is C13H20N2O3S. The van der Waals surface area contributed by atoms with Gasteiger partial charge in [-0.2, -0.15) is 4.31 Å². The van der Waals surface area contributed by atoms with Gasteiger partial charge < -0.3 is 10.8 Å². The molecular weight excluding hydrogens is 264 g/mol. The zero-order valence-electron chi connectivity index (χ0n) is 11.2. The van der Waals surface area contributed by atoms with Crippen LogP contribution in [0.15, 0.2) is 23.1 Å². The molecule has 0 aliphatic carbocycles. The van der Waals surface area contributed by atoms with Gasteiger partial charge in [0.15, 0.2) is 0 Å². The molecule has 1 aliphatic heterocycles. The van der Waals surface area contributed by atoms with E-state index >= 15 is 0 Å². The van der Waals surface area contributed by atoms with Crippen molar-refractivity contribution in [1.82, 2.24) is 4.31 Å². The number of hydrogen-bond acceptors (Lipinski definition) is 4. The van der Waals surface area contributed by atoms with E-state index in [0.717, 1.165) is 5.56 Å². The van der Waals surface area contributed by atoms with Gasteiger partial charge in [0, 0.05) is 18.8 Å². The lowest BCUT2D eigenvalue weighted by Gasteiger charge is -2.18. The van der Waals surface area contributed by atoms with E-state index in [1.807, 2.05) is 0 Å². The van der Waals surface area contributed by atoms with Crippen LogP contribution in [0.25, 0.3) is 0 Å². The minimum absolute atomic E-state index is 0.0182. The van der Waals surface area contributed by atoms with Gasteiger partial charge in [-0.3, -0.25) is 0 Å². The number of aliphatic hydroxyl groups is 1. The maximum Gasteiger partial charge on any atom is 0.243 e. The van der Waals surface area contributed by atoms with Crippen LogP contribution < -0.4 is 5.73 Å². The maximum absolute atomic E-state index is 12.5. The van der Waals surface area contributed by atoms with Crippen LogP contribution in [0, 0.1) is 12.8 Å². The third kappa shape index (κ3) is 2.75. The van der Waals surface area contributed by atoms with Gasteiger partial charge in [-0.15, -0.1) is 0 Å². The number of anilines is 1. The third-order valence-corrected chi connectivity index (χ3v) is 5.61. The first-order valence-corrected chi connectivity index (χ1v) is 7.80. The van der Waals surface area contributed by atoms with Crippen molar-refractivity contribution in [3.8, 4) is 0 Å². The second kappa shape index (κ2) is 5.11. The Morgan fingerprint density at radius 3 is 2.68 bits per heavy atom. The van der Waals surface area contributed by atoms with Crippen LogP contribution in [0.3, 0.4) is 0 Å². The molecule has 0 radical (unpaired) electrons. The quantitative estimate of drug-likeness (QED) is 0.810. The maximum atomic E-state index is 12.5. The van der Waals surface area contributed by atoms with E-state index in [1.54, 1.807) is 26.0 Å². The molecule has 1 aromatic carbocycles. The smallest absolute Gasteiger partial charge is 0.243 e. The number of sulfonamides is 1. The molecule has 6 heteroatoms. The summed E-state index contributed by atoms with van der Waals surface area (Å²) in [6.45, 7) is 4.33. The van der Waals surface area contributed by atoms with Crippen LogP contribution in [-0.2, 0) is 10.0 Å². The molecule has 5 nitrogen and oxygen atoms in total. The van der Waals surface area contributed by atoms with Gasteiger partial charge in [0.2, 0.25) is 10.0 Å². The first kappa shape index (κ1) is 14.3. The molecule has 1 aliphatic rings. The fourth-order valence-electron chi connectivity index (χ4n) is 2.32. The van der Waals surface area contributed by atoms with Crippen molar-refractivity contribution in [1.29, 1.82) is 0 Å². The number of hydrogen-bond donors (Lipinski definition) is 2. The van der Waals surface area contributed by atoms with Crippen molar-refractivity contribution < 1.29 is 13.5 Å². The van der Waals surface area contributed by atoms with Crippen molar-refractivity contribution >= 4 is 15.7 Å². The number of nitrogens with two attached hydrogens (primary N) is 1. The summed E-state index contributed by atoms with van der Waals surface area (Å²) in [4.78, 5) is 0.269. The number of nitrogen functional groups attached to an aromatic ring is 1. The van der Waals surface area contributed by atoms with E-state index in [1.165, 1.54) is 10.4 Å². The Labute approximate surface area is 114 Å². The van der Waals surface area contributed by atoms with Crippen LogP contribution in [-0.4, -0.2) is 37.0 Å². The van der Waals surface area contributed by atoms with Crippen molar-refractivity contribution in [2.24, 2.45) is 5.92 Å². The van der Waals surface area contributed by atoms with Crippen molar-refractivity contribution in [3.63, 3.8) is 0 Å². The molecule has 1 aromatic rings. The minimum atomic E-state index is -3.48. The molecule has 2 unspecified atom stereocenters. The highest BCUT2D eigenvalue weighted by Gasteiger charge is 2.34. The van der Waals surface area contributed by atoms with Gasteiger partial charge >= 0.3 is 0 Å². The predicted molar refractivity (Wildman–Crippen MR) is 74.1 cm³/mol. The summed E-state index contributed by atoms with van der Waals surface area (Å²) in [7, 11) is -3.48. The van der Waals surface area contributed by atoms with Crippen LogP contribution >= 0.6 is 0 Å². The van der Waals surface area contributed by atoms with Crippen LogP contribution in [0.5, 0.6) is 0 Å². The van der Waals surface area contributed by atoms with Gasteiger partial charge in [-0.25, -0.2) is 8.42 Å². The van der Waals surface area contributed by atoms with Crippen molar-refractivity contribution in [3.05, 3.63) is 23.8 Å². The van der Waals surface area contributed by atoms with Gasteiger partial charge in [0.25, 0.3) is 0 Å². The summed E-state index contributed by atoms with van der Waals surface area (Å²) < 4.78 is 26.4. The zero-order valence-corrected chi connectivity index (χ0v) is 12.0. The number of nitrogens with zero attached hydrogens (tertiary/aromatic N) is 1. The lowest BCUT2D eigenvalue weighted by molar-refractivity contribution is 0.133. The summed E-state index contributed by atoms with van der Waals surface area (Å²) >= 11 is 0. The second-order valence-corrected chi connectivity index (χ2v) is 7.11. The lowest BCUT2D eigenvalue weighted by atomic mass is 10.0. The molecule has 2 atom stereocenters. The van der Waals surface area contributed by atoms with Gasteiger partial charge in [-0.05, 0) is 49.9 Å². The summed E-state index contributed by atoms with van der Waals surface area (Å²) in [6.07, 6.45) is 0.221. The molecule has 0 amide bonds. The molecule has 0 aromatic heterocycles. The predicted octanol–water partition coefficient (Wildman–Crippen LogP) is 0.969. The fourth-order valence-corrected chi connectivity index (χ4v) is 3.92. The van der Waals surface area contributed by atoms with Crippen molar-refractivity contribution in [2.45, 2.75) is 31.3 Å². The number of aliphatic hydroxyl groups excluding tert-OH is 1. The Morgan fingerprint density at radius 2 is 2.16 bits per heavy atom. The first-order valence-electron chi connectivity index (χ1n) is 6.36. The molecule has 106 valence electrons. The second-order valence-electron chi connectivity index (χ2n) is 5.17. The lowest BCUT2D eigenvalue weighted by Crippen LogP contribution is -2.30. The molecule has 2 rings (SSSR count). The number of benzene rings is 1. The summed E-state index contributed by atoms with van der Waals surface area (Å²) in [5.41, 5.74) is 7.05. The summed E-state index contributed by atoms with van der Waals surface area (Å²) in [5, 5.41) is 9.55. The molecule has 0 saturated carbocycles. The molecule has 1 fully saturated rings. The highest BCUT2D eigenvalue weighted by Crippen LogP contribution is 2.27. The monoisotopic (exact) mass is 284 g/mol. The van der Waals surface area contributed by atoms with E-state index < -0.39 is 16.1 Å². The topological polar surface area (TPSA) is 83.6 Å². The molecule has 19 heavy (non-hydrogen) atoms. The van der Waals surface area contributed by atoms with Gasteiger partial charge in [-0.1, -0.05) is 0 Å². The Balaban J connectivity index is 2.26. The van der Waals surface area contributed by atoms with E-state index in [2.05, 4.69) is 0 Å². The summed E-state index contributed by atoms with van der Waals surface area (Å²) in [5.74, 6) is 0.0182. The SMILES string of the molecule is Cc1cc(S(=O)(=O)N2CCC(C(C)O)C2)ccc1N. The number of rotatable bonds is 3. The van der Waals surface area contributed by atoms with E-state index in [9.17, 15) is 13.5 Å². The Morgan fingerprint density at radius 1 is 1.47 bits per heavy atom. The van der Waals surface area contributed by atoms with E-state index in [0.29, 0.717) is 25.2 Å². The Hall–Kier alpha value is -1.11. The third-order valence-electron chi connectivity index (χ3n) is 3.75. The normalized spacial score (nSPS) is 22.6. The van der Waals surface area contributed by atoms with Gasteiger partial charge in [0.05, 0.1) is 11.0 Å². The molecule has 1 saturated heterocycles. The standard InChI is InChI=1S/C13H20N2O3S/c1-9-7-12(3-4-13(9)14)19(17,18)15-6-5-11(8-15)10(2)16/h3-4,7,10-11,16H,5-6,8,14H2,1-2H3. The molecule has 3 N–H and O–H groups in total. The molecule has 1 heterocycles. The largest absolute Gasteiger partial charge is 0.399 e. The van der Waals surface area contributed by atoms with Crippen molar-refractivity contribution in [2.75, 3.05) is 18.8 Å². The molecule has 0 bridgehead atoms. The zero-order chi connectivity index (χ0) is 14.2. The van der Waals surface area contributed by atoms with Gasteiger partial charge in [0.1, 0.15) is 0 Å². The highest BCUT2D eigenvalue weighted by atomic mass is 32.2. The van der Waals surface area contributed by atoms with Crippen LogP contribution in [0.1, 0.15) is 18.9 Å². The summed E-state index contributed by atoms with van der Waals surface area (Å²) in [6, 6.07) is 4.75. The van der Waals surface area contributed by atoms with E-state index in [4.69, 9.17) is 5.73 Å². The fraction of sp³-hybridized carbons (Fsp3) is 0.538. The van der Waals surface area contributed by atoms with Crippen LogP contribution in [0.4, 0.5) is 5.69 Å². The van der Waals surface area contributed by atoms with E-state index in [-0.39, 0.29) is 10.8 Å². The Bertz CT molecular complexity index is 569. The average Bonchev–Trinajstić information content (AvgIpc) is 2.82. The average molecular weight is 284 g/mol. The Kier molecular flexibility index (Phi) is 3.85. The van der Waals surface area contributed by atoms with Crippen LogP contribution in [0.2, 0.25) is 0 Å². The minimum Gasteiger partial charge on any atom is -0.399 e. The number of aryl methyl sites for hydroxylation is 1. The first-order chi connectivity index (χ1) is 8.82. The highest BCUT2D eigenvalue weighted by molar-refractivity contribution is 7.89. The molecule has 0 spiro atoms.